The van der Waals surface area contributed by atoms with E-state index in [0.29, 0.717) is 23.9 Å². The van der Waals surface area contributed by atoms with E-state index in [1.165, 1.54) is 18.4 Å². The number of nitrogens with zero attached hydrogens (tertiary/aromatic N) is 2. The Morgan fingerprint density at radius 1 is 1.07 bits per heavy atom. The minimum Gasteiger partial charge on any atom is -0.461 e. The Morgan fingerprint density at radius 2 is 1.89 bits per heavy atom. The normalized spacial score (nSPS) is 15.7. The van der Waals surface area contributed by atoms with Crippen molar-refractivity contribution < 1.29 is 13.6 Å². The van der Waals surface area contributed by atoms with Gasteiger partial charge in [-0.25, -0.2) is 4.98 Å². The topological polar surface area (TPSA) is 59.5 Å². The van der Waals surface area contributed by atoms with E-state index in [1.54, 1.807) is 24.6 Å². The maximum atomic E-state index is 12.3. The van der Waals surface area contributed by atoms with Gasteiger partial charge in [-0.3, -0.25) is 9.69 Å². The van der Waals surface area contributed by atoms with Gasteiger partial charge in [-0.1, -0.05) is 30.3 Å². The van der Waals surface area contributed by atoms with Gasteiger partial charge in [0.2, 0.25) is 5.78 Å². The van der Waals surface area contributed by atoms with Gasteiger partial charge >= 0.3 is 0 Å². The van der Waals surface area contributed by atoms with E-state index in [1.807, 2.05) is 0 Å². The zero-order valence-electron chi connectivity index (χ0n) is 16.0. The molecule has 0 unspecified atom stereocenters. The highest BCUT2D eigenvalue weighted by Crippen LogP contribution is 2.25. The molecule has 1 aliphatic rings. The fourth-order valence-corrected chi connectivity index (χ4v) is 3.87. The van der Waals surface area contributed by atoms with E-state index in [2.05, 4.69) is 40.2 Å². The molecule has 0 aliphatic carbocycles. The Balaban J connectivity index is 1.17. The van der Waals surface area contributed by atoms with E-state index in [0.717, 1.165) is 32.5 Å². The van der Waals surface area contributed by atoms with Crippen LogP contribution in [0.15, 0.2) is 63.8 Å². The van der Waals surface area contributed by atoms with Crippen LogP contribution in [0.25, 0.3) is 11.5 Å². The molecule has 146 valence electrons. The van der Waals surface area contributed by atoms with Gasteiger partial charge in [0.25, 0.3) is 5.89 Å². The van der Waals surface area contributed by atoms with Gasteiger partial charge in [0.1, 0.15) is 0 Å². The monoisotopic (exact) mass is 378 g/mol. The summed E-state index contributed by atoms with van der Waals surface area (Å²) in [7, 11) is 0. The van der Waals surface area contributed by atoms with Crippen LogP contribution >= 0.6 is 0 Å². The first kappa shape index (κ1) is 18.7. The SMILES string of the molecule is O=C(CCCC1CCN(Cc2ccccc2)CC1)c1ncc(-c2ccco2)o1. The maximum absolute atomic E-state index is 12.3. The van der Waals surface area contributed by atoms with Crippen LogP contribution in [0.5, 0.6) is 0 Å². The van der Waals surface area contributed by atoms with Crippen molar-refractivity contribution in [3.63, 3.8) is 0 Å². The molecule has 5 heteroatoms. The van der Waals surface area contributed by atoms with Crippen molar-refractivity contribution >= 4 is 5.78 Å². The van der Waals surface area contributed by atoms with Crippen LogP contribution in [0.1, 0.15) is 48.4 Å². The summed E-state index contributed by atoms with van der Waals surface area (Å²) < 4.78 is 10.8. The van der Waals surface area contributed by atoms with Crippen molar-refractivity contribution in [2.75, 3.05) is 13.1 Å². The number of aromatic nitrogens is 1. The number of likely N-dealkylation sites (tertiary alicyclic amines) is 1. The summed E-state index contributed by atoms with van der Waals surface area (Å²) in [5.41, 5.74) is 1.38. The zero-order chi connectivity index (χ0) is 19.2. The van der Waals surface area contributed by atoms with Crippen molar-refractivity contribution in [2.45, 2.75) is 38.6 Å². The summed E-state index contributed by atoms with van der Waals surface area (Å²) in [4.78, 5) is 19.0. The van der Waals surface area contributed by atoms with Crippen molar-refractivity contribution in [2.24, 2.45) is 5.92 Å². The average Bonchev–Trinajstić information content (AvgIpc) is 3.42. The smallest absolute Gasteiger partial charge is 0.263 e. The van der Waals surface area contributed by atoms with Crippen LogP contribution in [0.4, 0.5) is 0 Å². The lowest BCUT2D eigenvalue weighted by atomic mass is 9.91. The molecule has 0 bridgehead atoms. The molecule has 1 aliphatic heterocycles. The van der Waals surface area contributed by atoms with E-state index in [-0.39, 0.29) is 11.7 Å². The zero-order valence-corrected chi connectivity index (χ0v) is 16.0. The molecule has 2 aromatic heterocycles. The second-order valence-corrected chi connectivity index (χ2v) is 7.53. The molecular formula is C23H26N2O3. The van der Waals surface area contributed by atoms with Gasteiger partial charge < -0.3 is 8.83 Å². The number of hydrogen-bond donors (Lipinski definition) is 0. The summed E-state index contributed by atoms with van der Waals surface area (Å²) in [6.07, 6.45) is 8.02. The van der Waals surface area contributed by atoms with Gasteiger partial charge in [0, 0.05) is 13.0 Å². The molecule has 0 amide bonds. The molecule has 0 radical (unpaired) electrons. The number of Topliss-reactive ketones (excluding diaryl/α,β-unsaturated/α-hetero) is 1. The molecule has 0 saturated carbocycles. The second-order valence-electron chi connectivity index (χ2n) is 7.53. The Kier molecular flexibility index (Phi) is 6.02. The van der Waals surface area contributed by atoms with Gasteiger partial charge in [-0.15, -0.1) is 0 Å². The number of hydrogen-bond acceptors (Lipinski definition) is 5. The van der Waals surface area contributed by atoms with Gasteiger partial charge in [0.05, 0.1) is 12.5 Å². The molecule has 3 aromatic rings. The number of furan rings is 1. The second kappa shape index (κ2) is 9.02. The molecule has 1 saturated heterocycles. The lowest BCUT2D eigenvalue weighted by molar-refractivity contribution is 0.0941. The summed E-state index contributed by atoms with van der Waals surface area (Å²) in [6.45, 7) is 3.31. The standard InChI is InChI=1S/C23H26N2O3/c26-20(23-24-16-22(28-23)21-10-5-15-27-21)9-4-8-18-11-13-25(14-12-18)17-19-6-2-1-3-7-19/h1-3,5-7,10,15-16,18H,4,8-9,11-14,17H2. The number of ketones is 1. The largest absolute Gasteiger partial charge is 0.461 e. The predicted molar refractivity (Wildman–Crippen MR) is 107 cm³/mol. The Morgan fingerprint density at radius 3 is 2.64 bits per heavy atom. The summed E-state index contributed by atoms with van der Waals surface area (Å²) in [5, 5.41) is 0. The quantitative estimate of drug-likeness (QED) is 0.504. The molecule has 0 N–H and O–H groups in total. The number of oxazole rings is 1. The van der Waals surface area contributed by atoms with Crippen molar-refractivity contribution in [1.29, 1.82) is 0 Å². The van der Waals surface area contributed by atoms with Crippen LogP contribution in [0.2, 0.25) is 0 Å². The van der Waals surface area contributed by atoms with Crippen molar-refractivity contribution in [3.05, 3.63) is 66.4 Å². The molecule has 3 heterocycles. The first-order chi connectivity index (χ1) is 13.8. The lowest BCUT2D eigenvalue weighted by Crippen LogP contribution is -2.33. The summed E-state index contributed by atoms with van der Waals surface area (Å²) in [6, 6.07) is 14.2. The molecule has 0 atom stereocenters. The summed E-state index contributed by atoms with van der Waals surface area (Å²) in [5.74, 6) is 1.96. The van der Waals surface area contributed by atoms with Crippen LogP contribution in [0, 0.1) is 5.92 Å². The first-order valence-electron chi connectivity index (χ1n) is 10.1. The highest BCUT2D eigenvalue weighted by atomic mass is 16.4. The fourth-order valence-electron chi connectivity index (χ4n) is 3.87. The minimum absolute atomic E-state index is 0.0284. The molecule has 1 aromatic carbocycles. The highest BCUT2D eigenvalue weighted by Gasteiger charge is 2.20. The number of piperidine rings is 1. The van der Waals surface area contributed by atoms with Crippen LogP contribution in [0.3, 0.4) is 0 Å². The molecule has 4 rings (SSSR count). The number of rotatable bonds is 8. The third kappa shape index (κ3) is 4.78. The van der Waals surface area contributed by atoms with E-state index >= 15 is 0 Å². The number of benzene rings is 1. The third-order valence-corrected chi connectivity index (χ3v) is 5.48. The number of carbonyl (C=O) groups excluding carboxylic acids is 1. The maximum Gasteiger partial charge on any atom is 0.263 e. The van der Waals surface area contributed by atoms with Crippen LogP contribution in [-0.2, 0) is 6.54 Å². The lowest BCUT2D eigenvalue weighted by Gasteiger charge is -2.32. The predicted octanol–water partition coefficient (Wildman–Crippen LogP) is 5.20. The first-order valence-corrected chi connectivity index (χ1v) is 10.1. The molecule has 28 heavy (non-hydrogen) atoms. The van der Waals surface area contributed by atoms with Gasteiger partial charge in [0.15, 0.2) is 11.5 Å². The van der Waals surface area contributed by atoms with Crippen LogP contribution in [-0.4, -0.2) is 28.8 Å². The van der Waals surface area contributed by atoms with E-state index in [9.17, 15) is 4.79 Å². The Bertz CT molecular complexity index is 862. The van der Waals surface area contributed by atoms with Gasteiger partial charge in [-0.2, -0.15) is 0 Å². The van der Waals surface area contributed by atoms with Crippen molar-refractivity contribution in [1.82, 2.24) is 9.88 Å². The average molecular weight is 378 g/mol. The molecule has 0 spiro atoms. The minimum atomic E-state index is -0.0284. The molecule has 5 nitrogen and oxygen atoms in total. The molecular weight excluding hydrogens is 352 g/mol. The van der Waals surface area contributed by atoms with Crippen LogP contribution < -0.4 is 0 Å². The highest BCUT2D eigenvalue weighted by molar-refractivity contribution is 5.91. The van der Waals surface area contributed by atoms with Crippen molar-refractivity contribution in [3.8, 4) is 11.5 Å². The molecule has 1 fully saturated rings. The Labute approximate surface area is 165 Å². The van der Waals surface area contributed by atoms with E-state index < -0.39 is 0 Å². The number of carbonyl (C=O) groups is 1. The third-order valence-electron chi connectivity index (χ3n) is 5.48. The Hall–Kier alpha value is -2.66. The van der Waals surface area contributed by atoms with Gasteiger partial charge in [-0.05, 0) is 62.4 Å². The summed E-state index contributed by atoms with van der Waals surface area (Å²) >= 11 is 0. The fraction of sp³-hybridized carbons (Fsp3) is 0.391. The van der Waals surface area contributed by atoms with E-state index in [4.69, 9.17) is 8.83 Å².